The zero-order chi connectivity index (χ0) is 29.6. The maximum atomic E-state index is 14.1. The summed E-state index contributed by atoms with van der Waals surface area (Å²) in [6.45, 7) is 2.49. The number of carbonyl (C=O) groups is 2. The van der Waals surface area contributed by atoms with Gasteiger partial charge >= 0.3 is 6.18 Å². The number of halogens is 4. The number of anilines is 1. The SMILES string of the molecule is Cn1c(-c2cn(-c3n[nH]c4ccccc34)nc2C(F)(F)F)cnc1C(=O)Nc1ccc(C(=O)N2CCNCC2)c(Cl)c1. The van der Waals surface area contributed by atoms with Crippen LogP contribution in [0.2, 0.25) is 5.02 Å². The minimum atomic E-state index is -4.79. The second kappa shape index (κ2) is 10.6. The van der Waals surface area contributed by atoms with Crippen molar-refractivity contribution in [2.45, 2.75) is 6.18 Å². The lowest BCUT2D eigenvalue weighted by Gasteiger charge is -2.27. The maximum Gasteiger partial charge on any atom is 0.435 e. The Balaban J connectivity index is 1.27. The van der Waals surface area contributed by atoms with Crippen LogP contribution >= 0.6 is 11.6 Å². The van der Waals surface area contributed by atoms with Crippen molar-refractivity contribution in [3.05, 3.63) is 77.0 Å². The summed E-state index contributed by atoms with van der Waals surface area (Å²) in [7, 11) is 1.43. The van der Waals surface area contributed by atoms with Crippen LogP contribution in [0.3, 0.4) is 0 Å². The van der Waals surface area contributed by atoms with Crippen LogP contribution < -0.4 is 10.6 Å². The number of nitrogens with zero attached hydrogens (tertiary/aromatic N) is 6. The van der Waals surface area contributed by atoms with E-state index < -0.39 is 17.8 Å². The molecule has 0 spiro atoms. The number of aromatic amines is 1. The van der Waals surface area contributed by atoms with E-state index in [0.717, 1.165) is 4.68 Å². The zero-order valence-electron chi connectivity index (χ0n) is 22.0. The number of alkyl halides is 3. The van der Waals surface area contributed by atoms with Crippen molar-refractivity contribution >= 4 is 40.0 Å². The molecule has 0 aliphatic carbocycles. The zero-order valence-corrected chi connectivity index (χ0v) is 22.8. The minimum Gasteiger partial charge on any atom is -0.336 e. The molecule has 15 heteroatoms. The summed E-state index contributed by atoms with van der Waals surface area (Å²) in [5.74, 6) is -0.844. The van der Waals surface area contributed by atoms with Crippen LogP contribution in [0.15, 0.2) is 54.9 Å². The lowest BCUT2D eigenvalue weighted by Crippen LogP contribution is -2.46. The Hall–Kier alpha value is -4.69. The van der Waals surface area contributed by atoms with E-state index in [9.17, 15) is 22.8 Å². The average molecular weight is 598 g/mol. The molecule has 3 N–H and O–H groups in total. The fourth-order valence-corrected chi connectivity index (χ4v) is 5.13. The van der Waals surface area contributed by atoms with Crippen LogP contribution in [-0.2, 0) is 13.2 Å². The summed E-state index contributed by atoms with van der Waals surface area (Å²) >= 11 is 6.37. The molecule has 42 heavy (non-hydrogen) atoms. The molecule has 1 saturated heterocycles. The highest BCUT2D eigenvalue weighted by atomic mass is 35.5. The first-order valence-corrected chi connectivity index (χ1v) is 13.2. The van der Waals surface area contributed by atoms with Gasteiger partial charge in [0.05, 0.1) is 33.6 Å². The molecule has 216 valence electrons. The van der Waals surface area contributed by atoms with Crippen molar-refractivity contribution in [3.8, 4) is 17.1 Å². The monoisotopic (exact) mass is 597 g/mol. The van der Waals surface area contributed by atoms with E-state index in [1.807, 2.05) is 0 Å². The van der Waals surface area contributed by atoms with Crippen LogP contribution in [-0.4, -0.2) is 72.4 Å². The molecule has 0 bridgehead atoms. The van der Waals surface area contributed by atoms with Gasteiger partial charge in [-0.15, -0.1) is 0 Å². The van der Waals surface area contributed by atoms with Crippen molar-refractivity contribution in [1.82, 2.24) is 39.7 Å². The number of piperazine rings is 1. The summed E-state index contributed by atoms with van der Waals surface area (Å²) in [6, 6.07) is 11.5. The molecular formula is C27H23ClF3N9O2. The summed E-state index contributed by atoms with van der Waals surface area (Å²) in [5, 5.41) is 17.3. The Morgan fingerprint density at radius 1 is 1.10 bits per heavy atom. The average Bonchev–Trinajstić information content (AvgIpc) is 3.69. The summed E-state index contributed by atoms with van der Waals surface area (Å²) < 4.78 is 44.5. The van der Waals surface area contributed by atoms with Crippen molar-refractivity contribution in [2.75, 3.05) is 31.5 Å². The number of carbonyl (C=O) groups excluding carboxylic acids is 2. The number of hydrogen-bond donors (Lipinski definition) is 3. The molecule has 4 heterocycles. The first-order valence-electron chi connectivity index (χ1n) is 12.8. The van der Waals surface area contributed by atoms with Crippen molar-refractivity contribution in [3.63, 3.8) is 0 Å². The Kier molecular flexibility index (Phi) is 6.94. The highest BCUT2D eigenvalue weighted by Crippen LogP contribution is 2.37. The van der Waals surface area contributed by atoms with E-state index in [2.05, 4.69) is 30.9 Å². The molecule has 1 fully saturated rings. The number of para-hydroxylation sites is 1. The second-order valence-electron chi connectivity index (χ2n) is 9.64. The summed E-state index contributed by atoms with van der Waals surface area (Å²) in [6.07, 6.45) is -2.41. The van der Waals surface area contributed by atoms with Gasteiger partial charge in [-0.05, 0) is 30.3 Å². The maximum absolute atomic E-state index is 14.1. The molecule has 0 unspecified atom stereocenters. The molecule has 6 rings (SSSR count). The number of hydrogen-bond acceptors (Lipinski definition) is 6. The number of benzene rings is 2. The normalized spacial score (nSPS) is 14.0. The van der Waals surface area contributed by atoms with Gasteiger partial charge in [0.1, 0.15) is 0 Å². The standard InChI is InChI=1S/C27H23ClF3N9O2/c1-38-21(18-14-40(37-22(18)27(29,30)31)23-17-4-2-3-5-20(17)35-36-23)13-33-24(38)25(41)34-15-6-7-16(19(28)12-15)26(42)39-10-8-32-9-11-39/h2-7,12-14,32H,8-11H2,1H3,(H,34,41)(H,35,36). The number of aromatic nitrogens is 6. The molecule has 11 nitrogen and oxygen atoms in total. The third kappa shape index (κ3) is 4.99. The first kappa shape index (κ1) is 27.5. The summed E-state index contributed by atoms with van der Waals surface area (Å²) in [4.78, 5) is 31.7. The van der Waals surface area contributed by atoms with Crippen LogP contribution in [0.25, 0.3) is 28.0 Å². The number of amides is 2. The molecule has 0 saturated carbocycles. The lowest BCUT2D eigenvalue weighted by atomic mass is 10.1. The van der Waals surface area contributed by atoms with E-state index >= 15 is 0 Å². The van der Waals surface area contributed by atoms with E-state index in [4.69, 9.17) is 11.6 Å². The van der Waals surface area contributed by atoms with Crippen molar-refractivity contribution < 1.29 is 22.8 Å². The second-order valence-corrected chi connectivity index (χ2v) is 10.1. The quantitative estimate of drug-likeness (QED) is 0.280. The smallest absolute Gasteiger partial charge is 0.336 e. The highest BCUT2D eigenvalue weighted by Gasteiger charge is 2.39. The number of rotatable bonds is 5. The Bertz CT molecular complexity index is 1820. The fourth-order valence-electron chi connectivity index (χ4n) is 4.87. The van der Waals surface area contributed by atoms with Gasteiger partial charge in [-0.2, -0.15) is 23.4 Å². The molecular weight excluding hydrogens is 575 g/mol. The summed E-state index contributed by atoms with van der Waals surface area (Å²) in [5.41, 5.74) is -0.172. The predicted octanol–water partition coefficient (Wildman–Crippen LogP) is 4.12. The van der Waals surface area contributed by atoms with E-state index in [0.29, 0.717) is 48.3 Å². The van der Waals surface area contributed by atoms with Gasteiger partial charge in [-0.25, -0.2) is 9.67 Å². The van der Waals surface area contributed by atoms with Gasteiger partial charge in [0, 0.05) is 50.5 Å². The van der Waals surface area contributed by atoms with Gasteiger partial charge < -0.3 is 20.1 Å². The van der Waals surface area contributed by atoms with Gasteiger partial charge in [-0.3, -0.25) is 14.7 Å². The molecule has 5 aromatic rings. The molecule has 3 aromatic heterocycles. The minimum absolute atomic E-state index is 0.0218. The highest BCUT2D eigenvalue weighted by molar-refractivity contribution is 6.34. The third-order valence-electron chi connectivity index (χ3n) is 6.98. The Morgan fingerprint density at radius 3 is 2.60 bits per heavy atom. The topological polar surface area (TPSA) is 126 Å². The van der Waals surface area contributed by atoms with E-state index in [1.54, 1.807) is 29.2 Å². The van der Waals surface area contributed by atoms with E-state index in [1.165, 1.54) is 42.2 Å². The molecule has 2 aromatic carbocycles. The van der Waals surface area contributed by atoms with Gasteiger partial charge in [0.25, 0.3) is 11.8 Å². The third-order valence-corrected chi connectivity index (χ3v) is 7.29. The van der Waals surface area contributed by atoms with Crippen molar-refractivity contribution in [1.29, 1.82) is 0 Å². The fraction of sp³-hybridized carbons (Fsp3) is 0.222. The van der Waals surface area contributed by atoms with Gasteiger partial charge in [-0.1, -0.05) is 23.7 Å². The van der Waals surface area contributed by atoms with Crippen LogP contribution in [0.1, 0.15) is 26.7 Å². The number of H-pyrrole nitrogens is 1. The molecule has 1 aliphatic rings. The molecule has 1 aliphatic heterocycles. The number of fused-ring (bicyclic) bond motifs is 1. The first-order chi connectivity index (χ1) is 20.1. The predicted molar refractivity (Wildman–Crippen MR) is 149 cm³/mol. The van der Waals surface area contributed by atoms with Crippen LogP contribution in [0, 0.1) is 0 Å². The van der Waals surface area contributed by atoms with Crippen LogP contribution in [0.5, 0.6) is 0 Å². The molecule has 2 amide bonds. The lowest BCUT2D eigenvalue weighted by molar-refractivity contribution is -0.140. The van der Waals surface area contributed by atoms with Gasteiger partial charge in [0.15, 0.2) is 17.3 Å². The number of imidazole rings is 1. The Morgan fingerprint density at radius 2 is 1.86 bits per heavy atom. The van der Waals surface area contributed by atoms with Gasteiger partial charge in [0.2, 0.25) is 0 Å². The Labute approximate surface area is 241 Å². The number of nitrogens with one attached hydrogen (secondary N) is 3. The largest absolute Gasteiger partial charge is 0.435 e. The molecule has 0 atom stereocenters. The van der Waals surface area contributed by atoms with Crippen molar-refractivity contribution in [2.24, 2.45) is 7.05 Å². The van der Waals surface area contributed by atoms with E-state index in [-0.39, 0.29) is 33.8 Å². The molecule has 0 radical (unpaired) electrons. The van der Waals surface area contributed by atoms with Crippen LogP contribution in [0.4, 0.5) is 18.9 Å².